The molecule has 0 aliphatic rings. The van der Waals surface area contributed by atoms with E-state index in [1.165, 1.54) is 142 Å². The molecule has 0 saturated carbocycles. The van der Waals surface area contributed by atoms with E-state index in [-0.39, 0.29) is 21.7 Å². The summed E-state index contributed by atoms with van der Waals surface area (Å²) >= 11 is 0. The Morgan fingerprint density at radius 1 is 0.200 bits per heavy atom. The van der Waals surface area contributed by atoms with Crippen LogP contribution in [0.4, 0.5) is 0 Å². The second-order valence-electron chi connectivity index (χ2n) is 24.6. The Kier molecular flexibility index (Phi) is 9.62. The van der Waals surface area contributed by atoms with Gasteiger partial charge in [0.1, 0.15) is 0 Å². The second kappa shape index (κ2) is 15.2. The van der Waals surface area contributed by atoms with Crippen molar-refractivity contribution in [2.45, 2.75) is 105 Å². The Hall–Kier alpha value is -7.02. The van der Waals surface area contributed by atoms with Crippen LogP contribution in [0.5, 0.6) is 0 Å². The average Bonchev–Trinajstić information content (AvgIpc) is 3.85. The molecule has 12 aromatic carbocycles. The highest BCUT2D eigenvalue weighted by atomic mass is 14.3. The van der Waals surface area contributed by atoms with Crippen molar-refractivity contribution in [3.05, 3.63) is 192 Å². The van der Waals surface area contributed by atoms with Crippen LogP contribution >= 0.6 is 0 Å². The lowest BCUT2D eigenvalue weighted by molar-refractivity contribution is 0.568. The molecular weight excluding hydrogens is 841 g/mol. The third-order valence-corrected chi connectivity index (χ3v) is 15.7. The fraction of sp³-hybridized carbons (Fsp3) is 0.229. The van der Waals surface area contributed by atoms with Crippen LogP contribution in [-0.2, 0) is 21.7 Å². The van der Waals surface area contributed by atoms with Crippen molar-refractivity contribution in [3.8, 4) is 44.5 Å². The van der Waals surface area contributed by atoms with E-state index in [0.29, 0.717) is 0 Å². The zero-order valence-electron chi connectivity index (χ0n) is 43.2. The normalized spacial score (nSPS) is 13.1. The van der Waals surface area contributed by atoms with E-state index in [9.17, 15) is 0 Å². The van der Waals surface area contributed by atoms with Crippen molar-refractivity contribution in [1.82, 2.24) is 0 Å². The summed E-state index contributed by atoms with van der Waals surface area (Å²) in [5.41, 5.74) is 15.7. The van der Waals surface area contributed by atoms with E-state index in [1.807, 2.05) is 0 Å². The molecule has 344 valence electrons. The summed E-state index contributed by atoms with van der Waals surface area (Å²) in [5, 5.41) is 18.6. The van der Waals surface area contributed by atoms with Crippen LogP contribution in [0.15, 0.2) is 170 Å². The molecule has 70 heavy (non-hydrogen) atoms. The van der Waals surface area contributed by atoms with Crippen LogP contribution < -0.4 is 0 Å². The standard InChI is InChI=1S/C70H64/c1-67(2,3)45-33-43(34-46(37-45)68(4,5)6)51-31-29-49(41-21-15-13-16-22-41)63-55-27-19-25-53-58-40-60-62-54(57(58)39-59(61(53)55)65(51)63)26-20-28-56(62)64-50(42-23-17-14-18-24-42)30-32-52(66(60)64)44-35-47(69(7,8)9)38-48(36-44)70(10,11)12/h13-40H,1-12H3. The predicted molar refractivity (Wildman–Crippen MR) is 308 cm³/mol. The molecule has 0 aromatic heterocycles. The van der Waals surface area contributed by atoms with E-state index in [1.54, 1.807) is 0 Å². The fourth-order valence-electron chi connectivity index (χ4n) is 11.8. The van der Waals surface area contributed by atoms with Gasteiger partial charge in [-0.05, 0) is 176 Å². The molecule has 0 atom stereocenters. The summed E-state index contributed by atoms with van der Waals surface area (Å²) in [6.07, 6.45) is 0. The van der Waals surface area contributed by atoms with Crippen LogP contribution in [0.25, 0.3) is 120 Å². The SMILES string of the molecule is CC(C)(C)c1cc(-c2ccc(-c3ccccc3)c3c4cccc5c6cc7c8c(-c9cc(C(C)(C)C)cc(C(C)(C)C)c9)ccc(-c9ccccc9)c8c8cccc(c6cc(c23)c54)c87)cc(C(C)(C)C)c1. The summed E-state index contributed by atoms with van der Waals surface area (Å²) in [7, 11) is 0. The molecule has 0 bridgehead atoms. The summed E-state index contributed by atoms with van der Waals surface area (Å²) in [4.78, 5) is 0. The summed E-state index contributed by atoms with van der Waals surface area (Å²) < 4.78 is 0. The highest BCUT2D eigenvalue weighted by Gasteiger charge is 2.28. The predicted octanol–water partition coefficient (Wildman–Crippen LogP) is 20.5. The summed E-state index contributed by atoms with van der Waals surface area (Å²) in [6, 6.07) is 65.9. The Morgan fingerprint density at radius 3 is 0.800 bits per heavy atom. The first-order chi connectivity index (χ1) is 33.3. The van der Waals surface area contributed by atoms with Crippen molar-refractivity contribution >= 4 is 75.4 Å². The molecule has 0 aliphatic carbocycles. The highest BCUT2D eigenvalue weighted by molar-refractivity contribution is 6.44. The van der Waals surface area contributed by atoms with Crippen LogP contribution in [0.3, 0.4) is 0 Å². The Labute approximate surface area is 414 Å². The van der Waals surface area contributed by atoms with Crippen LogP contribution in [0, 0.1) is 0 Å². The van der Waals surface area contributed by atoms with Crippen molar-refractivity contribution in [2.24, 2.45) is 0 Å². The molecule has 0 radical (unpaired) electrons. The van der Waals surface area contributed by atoms with Crippen molar-refractivity contribution in [2.75, 3.05) is 0 Å². The molecule has 0 aliphatic heterocycles. The van der Waals surface area contributed by atoms with Crippen molar-refractivity contribution in [1.29, 1.82) is 0 Å². The maximum atomic E-state index is 2.58. The molecule has 0 amide bonds. The third kappa shape index (κ3) is 6.85. The van der Waals surface area contributed by atoms with Crippen molar-refractivity contribution < 1.29 is 0 Å². The molecule has 0 N–H and O–H groups in total. The van der Waals surface area contributed by atoms with Gasteiger partial charge in [-0.2, -0.15) is 0 Å². The quantitative estimate of drug-likeness (QED) is 0.154. The lowest BCUT2D eigenvalue weighted by Gasteiger charge is -2.26. The molecule has 0 heterocycles. The summed E-state index contributed by atoms with van der Waals surface area (Å²) in [6.45, 7) is 28.2. The monoisotopic (exact) mass is 905 g/mol. The van der Waals surface area contributed by atoms with Crippen LogP contribution in [0.1, 0.15) is 105 Å². The number of benzene rings is 10. The Bertz CT molecular complexity index is 3710. The van der Waals surface area contributed by atoms with Crippen LogP contribution in [0.2, 0.25) is 0 Å². The first kappa shape index (κ1) is 44.2. The van der Waals surface area contributed by atoms with Gasteiger partial charge in [0.2, 0.25) is 0 Å². The van der Waals surface area contributed by atoms with E-state index in [4.69, 9.17) is 0 Å². The first-order valence-corrected chi connectivity index (χ1v) is 25.5. The lowest BCUT2D eigenvalue weighted by atomic mass is 9.78. The highest BCUT2D eigenvalue weighted by Crippen LogP contribution is 2.54. The molecule has 0 saturated heterocycles. The fourth-order valence-corrected chi connectivity index (χ4v) is 11.8. The van der Waals surface area contributed by atoms with Gasteiger partial charge in [0.25, 0.3) is 0 Å². The van der Waals surface area contributed by atoms with Crippen molar-refractivity contribution in [3.63, 3.8) is 0 Å². The molecule has 0 fully saturated rings. The Balaban J connectivity index is 1.26. The minimum atomic E-state index is -0.00890. The van der Waals surface area contributed by atoms with E-state index < -0.39 is 0 Å². The lowest BCUT2D eigenvalue weighted by Crippen LogP contribution is -2.16. The summed E-state index contributed by atoms with van der Waals surface area (Å²) in [5.74, 6) is 0. The third-order valence-electron chi connectivity index (χ3n) is 15.7. The molecular formula is C70H64. The first-order valence-electron chi connectivity index (χ1n) is 25.5. The minimum Gasteiger partial charge on any atom is -0.0622 e. The van der Waals surface area contributed by atoms with Gasteiger partial charge in [-0.25, -0.2) is 0 Å². The minimum absolute atomic E-state index is 0.00890. The molecule has 0 nitrogen and oxygen atoms in total. The maximum Gasteiger partial charge on any atom is -0.00137 e. The van der Waals surface area contributed by atoms with Gasteiger partial charge in [-0.3, -0.25) is 0 Å². The molecule has 0 unspecified atom stereocenters. The topological polar surface area (TPSA) is 0 Å². The van der Waals surface area contributed by atoms with Crippen LogP contribution in [-0.4, -0.2) is 0 Å². The maximum absolute atomic E-state index is 2.58. The average molecular weight is 905 g/mol. The van der Waals surface area contributed by atoms with E-state index in [2.05, 4.69) is 253 Å². The van der Waals surface area contributed by atoms with Gasteiger partial charge in [-0.15, -0.1) is 0 Å². The van der Waals surface area contributed by atoms with Gasteiger partial charge in [0.05, 0.1) is 0 Å². The Morgan fingerprint density at radius 2 is 0.486 bits per heavy atom. The van der Waals surface area contributed by atoms with E-state index in [0.717, 1.165) is 0 Å². The molecule has 12 aromatic rings. The van der Waals surface area contributed by atoms with Gasteiger partial charge < -0.3 is 0 Å². The molecule has 12 rings (SSSR count). The number of hydrogen-bond donors (Lipinski definition) is 0. The van der Waals surface area contributed by atoms with Gasteiger partial charge in [0, 0.05) is 0 Å². The van der Waals surface area contributed by atoms with Gasteiger partial charge in [0.15, 0.2) is 0 Å². The molecule has 0 heteroatoms. The second-order valence-corrected chi connectivity index (χ2v) is 24.6. The largest absolute Gasteiger partial charge is 0.0622 e. The zero-order chi connectivity index (χ0) is 48.8. The number of fused-ring (bicyclic) bond motifs is 9. The molecule has 0 spiro atoms. The van der Waals surface area contributed by atoms with Gasteiger partial charge in [-0.1, -0.05) is 241 Å². The van der Waals surface area contributed by atoms with Gasteiger partial charge >= 0.3 is 0 Å². The smallest absolute Gasteiger partial charge is 0.00137 e. The number of hydrogen-bond acceptors (Lipinski definition) is 0. The van der Waals surface area contributed by atoms with E-state index >= 15 is 0 Å². The zero-order valence-corrected chi connectivity index (χ0v) is 43.2. The number of rotatable bonds is 4.